The van der Waals surface area contributed by atoms with E-state index in [2.05, 4.69) is 4.98 Å². The second kappa shape index (κ2) is 7.64. The van der Waals surface area contributed by atoms with Crippen LogP contribution in [0, 0.1) is 5.82 Å². The maximum absolute atomic E-state index is 12.7. The van der Waals surface area contributed by atoms with E-state index in [9.17, 15) is 4.39 Å². The lowest BCUT2D eigenvalue weighted by atomic mass is 10.2. The van der Waals surface area contributed by atoms with E-state index in [1.54, 1.807) is 0 Å². The van der Waals surface area contributed by atoms with Crippen LogP contribution in [0.15, 0.2) is 12.3 Å². The van der Waals surface area contributed by atoms with Crippen LogP contribution < -0.4 is 10.5 Å². The average Bonchev–Trinajstić information content (AvgIpc) is 2.03. The number of nitrogens with zero attached hydrogens (tertiary/aromatic N) is 1. The second-order valence-corrected chi connectivity index (χ2v) is 2.59. The lowest BCUT2D eigenvalue weighted by Crippen LogP contribution is -2.22. The zero-order valence-corrected chi connectivity index (χ0v) is 9.65. The third-order valence-electron chi connectivity index (χ3n) is 1.51. The van der Waals surface area contributed by atoms with Gasteiger partial charge in [-0.2, -0.15) is 0 Å². The third kappa shape index (κ3) is 5.13. The highest BCUT2D eigenvalue weighted by Crippen LogP contribution is 2.16. The molecule has 4 nitrogen and oxygen atoms in total. The fourth-order valence-corrected chi connectivity index (χ4v) is 1.02. The van der Waals surface area contributed by atoms with Crippen molar-refractivity contribution in [2.75, 3.05) is 7.11 Å². The molecular formula is C8H13Cl2FN2O2. The van der Waals surface area contributed by atoms with Crippen LogP contribution in [-0.2, 0) is 6.42 Å². The summed E-state index contributed by atoms with van der Waals surface area (Å²) in [5.74, 6) is -0.192. The summed E-state index contributed by atoms with van der Waals surface area (Å²) in [7, 11) is 1.42. The summed E-state index contributed by atoms with van der Waals surface area (Å²) in [6.45, 7) is 0. The summed E-state index contributed by atoms with van der Waals surface area (Å²) >= 11 is 0. The monoisotopic (exact) mass is 258 g/mol. The number of hydrogen-bond donors (Lipinski definition) is 2. The minimum Gasteiger partial charge on any atom is -0.481 e. The first-order chi connectivity index (χ1) is 6.13. The quantitative estimate of drug-likeness (QED) is 0.791. The number of nitrogens with two attached hydrogens (primary N) is 1. The molecule has 1 aromatic rings. The summed E-state index contributed by atoms with van der Waals surface area (Å²) in [5.41, 5.74) is 5.60. The Kier molecular flexibility index (Phi) is 8.56. The lowest BCUT2D eigenvalue weighted by molar-refractivity contribution is 0.181. The van der Waals surface area contributed by atoms with E-state index in [0.717, 1.165) is 6.20 Å². The van der Waals surface area contributed by atoms with Crippen LogP contribution in [0.2, 0.25) is 0 Å². The lowest BCUT2D eigenvalue weighted by Gasteiger charge is -2.08. The van der Waals surface area contributed by atoms with Gasteiger partial charge in [0.25, 0.3) is 0 Å². The maximum Gasteiger partial charge on any atom is 0.216 e. The fourth-order valence-electron chi connectivity index (χ4n) is 1.02. The molecule has 0 radical (unpaired) electrons. The van der Waals surface area contributed by atoms with E-state index >= 15 is 0 Å². The number of aromatic nitrogens is 1. The van der Waals surface area contributed by atoms with Crippen molar-refractivity contribution in [1.29, 1.82) is 0 Å². The van der Waals surface area contributed by atoms with Crippen molar-refractivity contribution in [1.82, 2.24) is 4.98 Å². The Balaban J connectivity index is 0. The Hall–Kier alpha value is -0.620. The average molecular weight is 259 g/mol. The van der Waals surface area contributed by atoms with Gasteiger partial charge in [-0.3, -0.25) is 0 Å². The van der Waals surface area contributed by atoms with Gasteiger partial charge in [-0.15, -0.1) is 24.8 Å². The van der Waals surface area contributed by atoms with Gasteiger partial charge in [0.2, 0.25) is 5.88 Å². The topological polar surface area (TPSA) is 68.4 Å². The van der Waals surface area contributed by atoms with Crippen molar-refractivity contribution in [2.45, 2.75) is 12.6 Å². The first kappa shape index (κ1) is 16.8. The standard InChI is InChI=1S/C8H11FN2O2.2ClH/c1-13-8-5(3-7(10)12)2-6(9)4-11-8;;/h2,4,7,12H,3,10H2,1H3;2*1H. The molecule has 1 unspecified atom stereocenters. The van der Waals surface area contributed by atoms with Crippen LogP contribution in [0.25, 0.3) is 0 Å². The zero-order valence-electron chi connectivity index (χ0n) is 8.01. The van der Waals surface area contributed by atoms with Crippen molar-refractivity contribution >= 4 is 24.8 Å². The molecular weight excluding hydrogens is 246 g/mol. The van der Waals surface area contributed by atoms with Crippen molar-refractivity contribution in [3.8, 4) is 5.88 Å². The number of pyridine rings is 1. The van der Waals surface area contributed by atoms with Crippen molar-refractivity contribution in [3.05, 3.63) is 23.6 Å². The number of methoxy groups -OCH3 is 1. The summed E-state index contributed by atoms with van der Waals surface area (Å²) in [5, 5.41) is 8.89. The Bertz CT molecular complexity index is 300. The Morgan fingerprint density at radius 1 is 1.60 bits per heavy atom. The first-order valence-electron chi connectivity index (χ1n) is 3.75. The molecule has 0 aromatic carbocycles. The van der Waals surface area contributed by atoms with Crippen LogP contribution in [0.3, 0.4) is 0 Å². The number of hydrogen-bond acceptors (Lipinski definition) is 4. The van der Waals surface area contributed by atoms with Crippen LogP contribution in [0.5, 0.6) is 5.88 Å². The largest absolute Gasteiger partial charge is 0.481 e. The first-order valence-corrected chi connectivity index (χ1v) is 3.75. The molecule has 3 N–H and O–H groups in total. The van der Waals surface area contributed by atoms with Crippen molar-refractivity contribution < 1.29 is 14.2 Å². The van der Waals surface area contributed by atoms with E-state index in [0.29, 0.717) is 5.56 Å². The number of ether oxygens (including phenoxy) is 1. The third-order valence-corrected chi connectivity index (χ3v) is 1.51. The van der Waals surface area contributed by atoms with E-state index in [-0.39, 0.29) is 37.1 Å². The molecule has 0 saturated carbocycles. The fraction of sp³-hybridized carbons (Fsp3) is 0.375. The van der Waals surface area contributed by atoms with Crippen LogP contribution in [0.1, 0.15) is 5.56 Å². The normalized spacial score (nSPS) is 10.9. The molecule has 0 bridgehead atoms. The predicted octanol–water partition coefficient (Wildman–Crippen LogP) is 0.892. The second-order valence-electron chi connectivity index (χ2n) is 2.59. The van der Waals surface area contributed by atoms with Gasteiger partial charge in [-0.05, 0) is 6.07 Å². The molecule has 0 fully saturated rings. The minimum atomic E-state index is -1.03. The van der Waals surface area contributed by atoms with E-state index in [1.165, 1.54) is 13.2 Å². The maximum atomic E-state index is 12.7. The predicted molar refractivity (Wildman–Crippen MR) is 59.1 cm³/mol. The molecule has 88 valence electrons. The van der Waals surface area contributed by atoms with Gasteiger partial charge in [-0.1, -0.05) is 0 Å². The van der Waals surface area contributed by atoms with Crippen LogP contribution >= 0.6 is 24.8 Å². The molecule has 0 spiro atoms. The highest BCUT2D eigenvalue weighted by Gasteiger charge is 2.08. The van der Waals surface area contributed by atoms with Gasteiger partial charge in [0, 0.05) is 12.0 Å². The van der Waals surface area contributed by atoms with Crippen molar-refractivity contribution in [3.63, 3.8) is 0 Å². The van der Waals surface area contributed by atoms with Crippen molar-refractivity contribution in [2.24, 2.45) is 5.73 Å². The van der Waals surface area contributed by atoms with E-state index in [1.807, 2.05) is 0 Å². The number of rotatable bonds is 3. The molecule has 0 aliphatic heterocycles. The Labute approximate surface area is 99.5 Å². The molecule has 0 saturated heterocycles. The Morgan fingerprint density at radius 3 is 2.67 bits per heavy atom. The molecule has 15 heavy (non-hydrogen) atoms. The van der Waals surface area contributed by atoms with Gasteiger partial charge in [-0.25, -0.2) is 9.37 Å². The summed E-state index contributed by atoms with van der Waals surface area (Å²) in [6.07, 6.45) is 0.136. The summed E-state index contributed by atoms with van der Waals surface area (Å²) in [4.78, 5) is 3.69. The van der Waals surface area contributed by atoms with Crippen LogP contribution in [0.4, 0.5) is 4.39 Å². The van der Waals surface area contributed by atoms with Gasteiger partial charge in [0.1, 0.15) is 12.0 Å². The van der Waals surface area contributed by atoms with Gasteiger partial charge in [0.15, 0.2) is 0 Å². The van der Waals surface area contributed by atoms with E-state index in [4.69, 9.17) is 15.6 Å². The molecule has 0 aliphatic carbocycles. The molecule has 1 aromatic heterocycles. The molecule has 1 heterocycles. The highest BCUT2D eigenvalue weighted by atomic mass is 35.5. The number of aliphatic hydroxyl groups is 1. The van der Waals surface area contributed by atoms with Gasteiger partial charge < -0.3 is 15.6 Å². The number of halogens is 3. The summed E-state index contributed by atoms with van der Waals surface area (Å²) < 4.78 is 17.6. The number of aliphatic hydroxyl groups excluding tert-OH is 1. The molecule has 1 rings (SSSR count). The molecule has 0 aliphatic rings. The molecule has 1 atom stereocenters. The molecule has 7 heteroatoms. The summed E-state index contributed by atoms with van der Waals surface area (Å²) in [6, 6.07) is 1.24. The minimum absolute atomic E-state index is 0. The van der Waals surface area contributed by atoms with Crippen LogP contribution in [-0.4, -0.2) is 23.4 Å². The zero-order chi connectivity index (χ0) is 9.84. The SMILES string of the molecule is COc1ncc(F)cc1CC(N)O.Cl.Cl. The molecule has 0 amide bonds. The smallest absolute Gasteiger partial charge is 0.216 e. The Morgan fingerprint density at radius 2 is 2.20 bits per heavy atom. The van der Waals surface area contributed by atoms with Gasteiger partial charge in [0.05, 0.1) is 13.3 Å². The van der Waals surface area contributed by atoms with Gasteiger partial charge >= 0.3 is 0 Å². The van der Waals surface area contributed by atoms with E-state index < -0.39 is 12.0 Å². The highest BCUT2D eigenvalue weighted by molar-refractivity contribution is 5.85.